The van der Waals surface area contributed by atoms with Crippen LogP contribution >= 0.6 is 0 Å². The van der Waals surface area contributed by atoms with Gasteiger partial charge in [-0.2, -0.15) is 5.26 Å². The highest BCUT2D eigenvalue weighted by Crippen LogP contribution is 2.27. The molecule has 0 aliphatic carbocycles. The summed E-state index contributed by atoms with van der Waals surface area (Å²) in [6, 6.07) is 10.4. The van der Waals surface area contributed by atoms with Gasteiger partial charge in [-0.05, 0) is 37.0 Å². The average Bonchev–Trinajstić information content (AvgIpc) is 3.09. The quantitative estimate of drug-likeness (QED) is 0.937. The Morgan fingerprint density at radius 3 is 2.55 bits per heavy atom. The first-order valence-corrected chi connectivity index (χ1v) is 7.68. The van der Waals surface area contributed by atoms with Gasteiger partial charge < -0.3 is 10.2 Å². The molecule has 0 radical (unpaired) electrons. The molecule has 3 rings (SSSR count). The van der Waals surface area contributed by atoms with Crippen molar-refractivity contribution in [3.8, 4) is 6.07 Å². The van der Waals surface area contributed by atoms with Gasteiger partial charge in [0.25, 0.3) is 0 Å². The van der Waals surface area contributed by atoms with Gasteiger partial charge in [-0.1, -0.05) is 19.1 Å². The lowest BCUT2D eigenvalue weighted by Gasteiger charge is -2.18. The standard InChI is InChI=1S/C17H19N5/c1-2-13-5-7-14(8-6-13)21-16-15(11-18)17(20-12-19-16)22-9-3-4-10-22/h5-8,12H,2-4,9-10H2,1H3,(H,19,20,21). The minimum Gasteiger partial charge on any atom is -0.355 e. The van der Waals surface area contributed by atoms with Crippen LogP contribution in [0.1, 0.15) is 30.9 Å². The van der Waals surface area contributed by atoms with Gasteiger partial charge in [0.2, 0.25) is 0 Å². The van der Waals surface area contributed by atoms with Crippen molar-refractivity contribution in [1.82, 2.24) is 9.97 Å². The fraction of sp³-hybridized carbons (Fsp3) is 0.353. The summed E-state index contributed by atoms with van der Waals surface area (Å²) < 4.78 is 0. The van der Waals surface area contributed by atoms with Crippen LogP contribution in [0.4, 0.5) is 17.3 Å². The van der Waals surface area contributed by atoms with Gasteiger partial charge in [-0.25, -0.2) is 9.97 Å². The molecule has 0 atom stereocenters. The Kier molecular flexibility index (Phi) is 4.19. The molecule has 0 saturated carbocycles. The smallest absolute Gasteiger partial charge is 0.153 e. The van der Waals surface area contributed by atoms with E-state index >= 15 is 0 Å². The second-order valence-corrected chi connectivity index (χ2v) is 5.40. The monoisotopic (exact) mass is 293 g/mol. The van der Waals surface area contributed by atoms with Crippen molar-refractivity contribution in [3.05, 3.63) is 41.7 Å². The van der Waals surface area contributed by atoms with Crippen molar-refractivity contribution in [2.45, 2.75) is 26.2 Å². The predicted octanol–water partition coefficient (Wildman–Crippen LogP) is 3.25. The van der Waals surface area contributed by atoms with Gasteiger partial charge in [0.1, 0.15) is 18.0 Å². The molecule has 1 aromatic heterocycles. The number of anilines is 3. The van der Waals surface area contributed by atoms with Crippen LogP contribution in [0.2, 0.25) is 0 Å². The normalized spacial score (nSPS) is 13.9. The van der Waals surface area contributed by atoms with Crippen LogP contribution < -0.4 is 10.2 Å². The van der Waals surface area contributed by atoms with Gasteiger partial charge in [-0.3, -0.25) is 0 Å². The zero-order valence-electron chi connectivity index (χ0n) is 12.7. The minimum atomic E-state index is 0.518. The number of benzene rings is 1. The van der Waals surface area contributed by atoms with E-state index in [1.807, 2.05) is 12.1 Å². The van der Waals surface area contributed by atoms with E-state index in [0.717, 1.165) is 43.9 Å². The molecule has 5 nitrogen and oxygen atoms in total. The van der Waals surface area contributed by atoms with E-state index in [1.165, 1.54) is 11.9 Å². The Balaban J connectivity index is 1.89. The third kappa shape index (κ3) is 2.86. The first kappa shape index (κ1) is 14.3. The third-order valence-electron chi connectivity index (χ3n) is 3.97. The number of hydrogen-bond acceptors (Lipinski definition) is 5. The number of aryl methyl sites for hydroxylation is 1. The fourth-order valence-corrected chi connectivity index (χ4v) is 2.70. The second-order valence-electron chi connectivity index (χ2n) is 5.40. The maximum absolute atomic E-state index is 9.52. The molecular formula is C17H19N5. The number of nitriles is 1. The molecule has 1 saturated heterocycles. The van der Waals surface area contributed by atoms with Crippen LogP contribution in [0.3, 0.4) is 0 Å². The van der Waals surface area contributed by atoms with E-state index < -0.39 is 0 Å². The summed E-state index contributed by atoms with van der Waals surface area (Å²) in [7, 11) is 0. The topological polar surface area (TPSA) is 64.8 Å². The maximum atomic E-state index is 9.52. The predicted molar refractivity (Wildman–Crippen MR) is 87.3 cm³/mol. The molecule has 1 N–H and O–H groups in total. The third-order valence-corrected chi connectivity index (χ3v) is 3.97. The summed E-state index contributed by atoms with van der Waals surface area (Å²) in [5, 5.41) is 12.8. The molecule has 0 amide bonds. The first-order chi connectivity index (χ1) is 10.8. The van der Waals surface area contributed by atoms with Gasteiger partial charge >= 0.3 is 0 Å². The van der Waals surface area contributed by atoms with Crippen molar-refractivity contribution < 1.29 is 0 Å². The van der Waals surface area contributed by atoms with E-state index in [0.29, 0.717) is 11.4 Å². The van der Waals surface area contributed by atoms with Crippen molar-refractivity contribution in [3.63, 3.8) is 0 Å². The number of nitrogens with zero attached hydrogens (tertiary/aromatic N) is 4. The number of nitrogens with one attached hydrogen (secondary N) is 1. The Labute approximate surface area is 130 Å². The van der Waals surface area contributed by atoms with Crippen molar-refractivity contribution in [2.75, 3.05) is 23.3 Å². The van der Waals surface area contributed by atoms with Gasteiger partial charge in [0.15, 0.2) is 11.6 Å². The molecule has 112 valence electrons. The molecule has 0 spiro atoms. The average molecular weight is 293 g/mol. The van der Waals surface area contributed by atoms with E-state index in [4.69, 9.17) is 0 Å². The van der Waals surface area contributed by atoms with Gasteiger partial charge in [0, 0.05) is 18.8 Å². The van der Waals surface area contributed by atoms with Crippen LogP contribution in [-0.4, -0.2) is 23.1 Å². The molecule has 5 heteroatoms. The largest absolute Gasteiger partial charge is 0.355 e. The van der Waals surface area contributed by atoms with Crippen LogP contribution in [0.5, 0.6) is 0 Å². The summed E-state index contributed by atoms with van der Waals surface area (Å²) in [6.07, 6.45) is 4.83. The Bertz CT molecular complexity index is 681. The number of aromatic nitrogens is 2. The molecule has 0 bridgehead atoms. The van der Waals surface area contributed by atoms with Crippen LogP contribution in [0, 0.1) is 11.3 Å². The zero-order chi connectivity index (χ0) is 15.4. The molecule has 1 aliphatic heterocycles. The Hall–Kier alpha value is -2.61. The summed E-state index contributed by atoms with van der Waals surface area (Å²) in [6.45, 7) is 4.04. The highest BCUT2D eigenvalue weighted by molar-refractivity contribution is 5.70. The highest BCUT2D eigenvalue weighted by Gasteiger charge is 2.20. The number of rotatable bonds is 4. The lowest BCUT2D eigenvalue weighted by molar-refractivity contribution is 0.924. The molecule has 1 fully saturated rings. The van der Waals surface area contributed by atoms with Crippen LogP contribution in [-0.2, 0) is 6.42 Å². The highest BCUT2D eigenvalue weighted by atomic mass is 15.2. The molecule has 0 unspecified atom stereocenters. The summed E-state index contributed by atoms with van der Waals surface area (Å²) >= 11 is 0. The molecular weight excluding hydrogens is 274 g/mol. The molecule has 1 aliphatic rings. The Morgan fingerprint density at radius 1 is 1.18 bits per heavy atom. The van der Waals surface area contributed by atoms with Crippen LogP contribution in [0.15, 0.2) is 30.6 Å². The minimum absolute atomic E-state index is 0.518. The first-order valence-electron chi connectivity index (χ1n) is 7.68. The molecule has 1 aromatic carbocycles. The van der Waals surface area contributed by atoms with E-state index in [1.54, 1.807) is 0 Å². The maximum Gasteiger partial charge on any atom is 0.153 e. The molecule has 2 heterocycles. The van der Waals surface area contributed by atoms with E-state index in [2.05, 4.69) is 45.3 Å². The summed E-state index contributed by atoms with van der Waals surface area (Å²) in [4.78, 5) is 10.7. The number of hydrogen-bond donors (Lipinski definition) is 1. The molecule has 2 aromatic rings. The van der Waals surface area contributed by atoms with E-state index in [9.17, 15) is 5.26 Å². The SMILES string of the molecule is CCc1ccc(Nc2ncnc(N3CCCC3)c2C#N)cc1. The summed E-state index contributed by atoms with van der Waals surface area (Å²) in [5.41, 5.74) is 2.73. The van der Waals surface area contributed by atoms with Crippen molar-refractivity contribution >= 4 is 17.3 Å². The van der Waals surface area contributed by atoms with Crippen molar-refractivity contribution in [1.29, 1.82) is 5.26 Å². The van der Waals surface area contributed by atoms with E-state index in [-0.39, 0.29) is 0 Å². The molecule has 22 heavy (non-hydrogen) atoms. The zero-order valence-corrected chi connectivity index (χ0v) is 12.7. The van der Waals surface area contributed by atoms with Gasteiger partial charge in [-0.15, -0.1) is 0 Å². The van der Waals surface area contributed by atoms with Gasteiger partial charge in [0.05, 0.1) is 0 Å². The Morgan fingerprint density at radius 2 is 1.91 bits per heavy atom. The lowest BCUT2D eigenvalue weighted by Crippen LogP contribution is -2.21. The lowest BCUT2D eigenvalue weighted by atomic mass is 10.1. The van der Waals surface area contributed by atoms with Crippen molar-refractivity contribution in [2.24, 2.45) is 0 Å². The fourth-order valence-electron chi connectivity index (χ4n) is 2.70. The van der Waals surface area contributed by atoms with Crippen LogP contribution in [0.25, 0.3) is 0 Å². The summed E-state index contributed by atoms with van der Waals surface area (Å²) in [5.74, 6) is 1.31. The second kappa shape index (κ2) is 6.44.